The van der Waals surface area contributed by atoms with Crippen molar-refractivity contribution in [2.45, 2.75) is 44.4 Å². The Bertz CT molecular complexity index is 800. The van der Waals surface area contributed by atoms with Crippen molar-refractivity contribution in [1.82, 2.24) is 14.9 Å². The summed E-state index contributed by atoms with van der Waals surface area (Å²) in [6, 6.07) is 7.46. The van der Waals surface area contributed by atoms with E-state index in [1.807, 2.05) is 19.1 Å². The van der Waals surface area contributed by atoms with Gasteiger partial charge >= 0.3 is 0 Å². The highest BCUT2D eigenvalue weighted by atomic mass is 35.5. The van der Waals surface area contributed by atoms with Crippen LogP contribution in [0.3, 0.4) is 0 Å². The highest BCUT2D eigenvalue weighted by molar-refractivity contribution is 7.99. The monoisotopic (exact) mass is 454 g/mol. The summed E-state index contributed by atoms with van der Waals surface area (Å²) in [5.41, 5.74) is 1.00. The van der Waals surface area contributed by atoms with Crippen molar-refractivity contribution in [3.63, 3.8) is 0 Å². The number of piperidine rings is 1. The average molecular weight is 455 g/mol. The Morgan fingerprint density at radius 2 is 1.97 bits per heavy atom. The summed E-state index contributed by atoms with van der Waals surface area (Å²) in [5.74, 6) is 2.69. The second-order valence-corrected chi connectivity index (χ2v) is 9.17. The van der Waals surface area contributed by atoms with Gasteiger partial charge in [-0.15, -0.1) is 0 Å². The number of hydrogen-bond acceptors (Lipinski definition) is 6. The van der Waals surface area contributed by atoms with Crippen LogP contribution in [0, 0.1) is 6.92 Å². The number of anilines is 1. The lowest BCUT2D eigenvalue weighted by atomic mass is 10.1. The highest BCUT2D eigenvalue weighted by Gasteiger charge is 2.20. The third-order valence-corrected chi connectivity index (χ3v) is 6.26. The number of aryl methyl sites for hydroxylation is 1. The van der Waals surface area contributed by atoms with E-state index in [4.69, 9.17) is 27.9 Å². The van der Waals surface area contributed by atoms with E-state index in [-0.39, 0.29) is 6.10 Å². The zero-order valence-electron chi connectivity index (χ0n) is 17.0. The Kier molecular flexibility index (Phi) is 8.72. The first-order valence-corrected chi connectivity index (χ1v) is 11.8. The second kappa shape index (κ2) is 11.3. The molecular formula is C21H28Cl2N4OS. The number of thioether (sulfide) groups is 1. The number of likely N-dealkylation sites (tertiary alicyclic amines) is 1. The Labute approximate surface area is 187 Å². The molecule has 1 aliphatic rings. The fraction of sp³-hybridized carbons (Fsp3) is 0.524. The van der Waals surface area contributed by atoms with Gasteiger partial charge in [-0.25, -0.2) is 9.97 Å². The number of nitrogens with zero attached hydrogens (tertiary/aromatic N) is 3. The lowest BCUT2D eigenvalue weighted by Crippen LogP contribution is -2.39. The third kappa shape index (κ3) is 7.21. The first-order valence-electron chi connectivity index (χ1n) is 10.1. The molecule has 1 aromatic heterocycles. The van der Waals surface area contributed by atoms with E-state index in [2.05, 4.69) is 27.1 Å². The van der Waals surface area contributed by atoms with Gasteiger partial charge in [0.2, 0.25) is 0 Å². The lowest BCUT2D eigenvalue weighted by Gasteiger charge is -2.32. The summed E-state index contributed by atoms with van der Waals surface area (Å²) in [4.78, 5) is 11.5. The molecule has 29 heavy (non-hydrogen) atoms. The van der Waals surface area contributed by atoms with Crippen molar-refractivity contribution in [1.29, 1.82) is 0 Å². The first kappa shape index (κ1) is 22.5. The maximum Gasteiger partial charge on any atom is 0.189 e. The van der Waals surface area contributed by atoms with E-state index in [1.165, 1.54) is 0 Å². The van der Waals surface area contributed by atoms with E-state index >= 15 is 0 Å². The lowest BCUT2D eigenvalue weighted by molar-refractivity contribution is 0.100. The fourth-order valence-corrected chi connectivity index (χ4v) is 4.26. The van der Waals surface area contributed by atoms with Gasteiger partial charge in [0, 0.05) is 37.5 Å². The molecule has 8 heteroatoms. The number of halogens is 2. The molecule has 2 heterocycles. The molecule has 0 radical (unpaired) electrons. The van der Waals surface area contributed by atoms with Crippen molar-refractivity contribution >= 4 is 40.8 Å². The van der Waals surface area contributed by atoms with E-state index < -0.39 is 0 Å². The highest BCUT2D eigenvalue weighted by Crippen LogP contribution is 2.28. The molecule has 3 rings (SSSR count). The largest absolute Gasteiger partial charge is 0.490 e. The number of hydrogen-bond donors (Lipinski definition) is 1. The average Bonchev–Trinajstić information content (AvgIpc) is 2.69. The molecule has 1 aliphatic heterocycles. The minimum atomic E-state index is 0.236. The number of benzene rings is 1. The summed E-state index contributed by atoms with van der Waals surface area (Å²) in [5, 5.41) is 5.37. The Morgan fingerprint density at radius 1 is 1.17 bits per heavy atom. The molecule has 0 saturated carbocycles. The van der Waals surface area contributed by atoms with E-state index in [0.717, 1.165) is 73.6 Å². The molecule has 1 aromatic carbocycles. The van der Waals surface area contributed by atoms with Crippen LogP contribution in [0.5, 0.6) is 5.75 Å². The van der Waals surface area contributed by atoms with Gasteiger partial charge in [-0.1, -0.05) is 41.9 Å². The minimum absolute atomic E-state index is 0.236. The Hall–Kier alpha value is -1.21. The van der Waals surface area contributed by atoms with Crippen LogP contribution in [0.1, 0.15) is 31.9 Å². The number of ether oxygens (including phenoxy) is 1. The van der Waals surface area contributed by atoms with Crippen molar-refractivity contribution in [3.8, 4) is 5.75 Å². The zero-order valence-corrected chi connectivity index (χ0v) is 19.3. The van der Waals surface area contributed by atoms with Crippen LogP contribution in [0.4, 0.5) is 5.82 Å². The summed E-state index contributed by atoms with van der Waals surface area (Å²) in [6.07, 6.45) is 3.37. The molecule has 0 amide bonds. The van der Waals surface area contributed by atoms with Crippen LogP contribution in [-0.4, -0.2) is 52.9 Å². The summed E-state index contributed by atoms with van der Waals surface area (Å²) in [6.45, 7) is 8.21. The normalized spacial score (nSPS) is 15.4. The summed E-state index contributed by atoms with van der Waals surface area (Å²) >= 11 is 13.7. The van der Waals surface area contributed by atoms with Gasteiger partial charge in [-0.2, -0.15) is 0 Å². The molecule has 0 bridgehead atoms. The molecule has 0 aliphatic carbocycles. The number of nitrogens with one attached hydrogen (secondary N) is 1. The molecule has 0 unspecified atom stereocenters. The topological polar surface area (TPSA) is 50.3 Å². The third-order valence-electron chi connectivity index (χ3n) is 4.79. The Morgan fingerprint density at radius 3 is 2.69 bits per heavy atom. The minimum Gasteiger partial charge on any atom is -0.490 e. The first-order chi connectivity index (χ1) is 14.0. The van der Waals surface area contributed by atoms with Gasteiger partial charge in [0.15, 0.2) is 5.16 Å². The Balaban J connectivity index is 1.35. The molecule has 158 valence electrons. The molecule has 1 N–H and O–H groups in total. The van der Waals surface area contributed by atoms with Gasteiger partial charge in [0.25, 0.3) is 0 Å². The summed E-state index contributed by atoms with van der Waals surface area (Å²) in [7, 11) is 0. The van der Waals surface area contributed by atoms with E-state index in [0.29, 0.717) is 10.0 Å². The second-order valence-electron chi connectivity index (χ2n) is 7.13. The number of rotatable bonds is 9. The van der Waals surface area contributed by atoms with Crippen LogP contribution in [0.2, 0.25) is 10.0 Å². The van der Waals surface area contributed by atoms with E-state index in [1.54, 1.807) is 23.9 Å². The van der Waals surface area contributed by atoms with Crippen LogP contribution in [-0.2, 0) is 0 Å². The van der Waals surface area contributed by atoms with Crippen LogP contribution in [0.15, 0.2) is 29.4 Å². The predicted molar refractivity (Wildman–Crippen MR) is 123 cm³/mol. The maximum absolute atomic E-state index is 6.07. The molecular weight excluding hydrogens is 427 g/mol. The van der Waals surface area contributed by atoms with Crippen LogP contribution < -0.4 is 10.1 Å². The van der Waals surface area contributed by atoms with Crippen molar-refractivity contribution in [3.05, 3.63) is 40.0 Å². The maximum atomic E-state index is 6.07. The van der Waals surface area contributed by atoms with Crippen molar-refractivity contribution < 1.29 is 4.74 Å². The fourth-order valence-electron chi connectivity index (χ4n) is 3.34. The van der Waals surface area contributed by atoms with E-state index in [9.17, 15) is 0 Å². The quantitative estimate of drug-likeness (QED) is 0.304. The van der Waals surface area contributed by atoms with Gasteiger partial charge in [-0.05, 0) is 50.6 Å². The van der Waals surface area contributed by atoms with Crippen molar-refractivity contribution in [2.75, 3.05) is 37.2 Å². The van der Waals surface area contributed by atoms with Crippen molar-refractivity contribution in [2.24, 2.45) is 0 Å². The van der Waals surface area contributed by atoms with Gasteiger partial charge in [0.1, 0.15) is 17.7 Å². The molecule has 1 saturated heterocycles. The van der Waals surface area contributed by atoms with Gasteiger partial charge in [-0.3, -0.25) is 0 Å². The SMILES string of the molecule is CCSc1nc(C)cc(NCCCN2CCC(Oc3ccc(Cl)c(Cl)c3)CC2)n1. The molecule has 2 aromatic rings. The number of aromatic nitrogens is 2. The van der Waals surface area contributed by atoms with Crippen LogP contribution >= 0.6 is 35.0 Å². The van der Waals surface area contributed by atoms with Crippen LogP contribution in [0.25, 0.3) is 0 Å². The zero-order chi connectivity index (χ0) is 20.6. The van der Waals surface area contributed by atoms with Gasteiger partial charge < -0.3 is 15.0 Å². The predicted octanol–water partition coefficient (Wildman–Crippen LogP) is 5.55. The smallest absolute Gasteiger partial charge is 0.189 e. The molecule has 0 atom stereocenters. The standard InChI is InChI=1S/C21H28Cl2N4OS/c1-3-29-21-25-15(2)13-20(26-21)24-9-4-10-27-11-7-16(8-12-27)28-17-5-6-18(22)19(23)14-17/h5-6,13-14,16H,3-4,7-12H2,1-2H3,(H,24,25,26). The molecule has 1 fully saturated rings. The summed E-state index contributed by atoms with van der Waals surface area (Å²) < 4.78 is 6.07. The molecule has 0 spiro atoms. The molecule has 5 nitrogen and oxygen atoms in total. The van der Waals surface area contributed by atoms with Gasteiger partial charge in [0.05, 0.1) is 10.0 Å².